The van der Waals surface area contributed by atoms with Crippen molar-refractivity contribution in [2.24, 2.45) is 5.92 Å². The Morgan fingerprint density at radius 2 is 1.82 bits per heavy atom. The first kappa shape index (κ1) is 12.6. The molecule has 94 valence electrons. The van der Waals surface area contributed by atoms with Crippen molar-refractivity contribution in [1.29, 1.82) is 0 Å². The van der Waals surface area contributed by atoms with Crippen molar-refractivity contribution in [3.63, 3.8) is 0 Å². The molecule has 0 heterocycles. The number of nitrogens with one attached hydrogen (secondary N) is 1. The number of aryl methyl sites for hydroxylation is 2. The molecule has 0 fully saturated rings. The quantitative estimate of drug-likeness (QED) is 0.829. The Morgan fingerprint density at radius 1 is 1.12 bits per heavy atom. The lowest BCUT2D eigenvalue weighted by molar-refractivity contribution is 0.421. The van der Waals surface area contributed by atoms with Crippen LogP contribution in [0.15, 0.2) is 18.2 Å². The summed E-state index contributed by atoms with van der Waals surface area (Å²) in [7, 11) is 0. The number of benzene rings is 1. The second-order valence-corrected chi connectivity index (χ2v) is 5.51. The van der Waals surface area contributed by atoms with Crippen LogP contribution in [0.25, 0.3) is 0 Å². The van der Waals surface area contributed by atoms with Gasteiger partial charge in [-0.15, -0.1) is 0 Å². The Bertz CT molecular complexity index is 368. The zero-order valence-corrected chi connectivity index (χ0v) is 11.4. The third kappa shape index (κ3) is 2.90. The van der Waals surface area contributed by atoms with Crippen molar-refractivity contribution >= 4 is 0 Å². The fourth-order valence-electron chi connectivity index (χ4n) is 2.91. The van der Waals surface area contributed by atoms with Gasteiger partial charge in [0.25, 0.3) is 0 Å². The molecule has 1 aromatic carbocycles. The molecule has 0 saturated heterocycles. The third-order valence-electron chi connectivity index (χ3n) is 3.82. The fraction of sp³-hybridized carbons (Fsp3) is 0.625. The Balaban J connectivity index is 2.25. The van der Waals surface area contributed by atoms with E-state index in [4.69, 9.17) is 0 Å². The first-order valence-electron chi connectivity index (χ1n) is 7.07. The van der Waals surface area contributed by atoms with Crippen LogP contribution in [-0.2, 0) is 12.8 Å². The maximum absolute atomic E-state index is 3.61. The van der Waals surface area contributed by atoms with E-state index in [1.165, 1.54) is 31.2 Å². The largest absolute Gasteiger partial charge is 0.310 e. The summed E-state index contributed by atoms with van der Waals surface area (Å²) >= 11 is 0. The Labute approximate surface area is 106 Å². The standard InChI is InChI=1S/C16H25N/c1-4-17-16(12(2)3)15-10-9-13-7-5-6-8-14(13)11-15/h9-12,16-17H,4-8H2,1-3H3. The van der Waals surface area contributed by atoms with Gasteiger partial charge in [-0.1, -0.05) is 39.0 Å². The van der Waals surface area contributed by atoms with Gasteiger partial charge in [0.2, 0.25) is 0 Å². The van der Waals surface area contributed by atoms with Crippen LogP contribution in [-0.4, -0.2) is 6.54 Å². The summed E-state index contributed by atoms with van der Waals surface area (Å²) < 4.78 is 0. The van der Waals surface area contributed by atoms with Crippen LogP contribution >= 0.6 is 0 Å². The van der Waals surface area contributed by atoms with E-state index in [1.54, 1.807) is 11.1 Å². The van der Waals surface area contributed by atoms with Crippen LogP contribution in [0.3, 0.4) is 0 Å². The molecule has 0 amide bonds. The van der Waals surface area contributed by atoms with Gasteiger partial charge >= 0.3 is 0 Å². The summed E-state index contributed by atoms with van der Waals surface area (Å²) in [6.07, 6.45) is 5.29. The highest BCUT2D eigenvalue weighted by atomic mass is 14.9. The molecule has 0 saturated carbocycles. The van der Waals surface area contributed by atoms with Crippen molar-refractivity contribution in [3.8, 4) is 0 Å². The summed E-state index contributed by atoms with van der Waals surface area (Å²) in [5.74, 6) is 0.650. The predicted octanol–water partition coefficient (Wildman–Crippen LogP) is 3.87. The average Bonchev–Trinajstić information content (AvgIpc) is 2.35. The molecule has 1 aliphatic carbocycles. The van der Waals surface area contributed by atoms with Gasteiger partial charge < -0.3 is 5.32 Å². The van der Waals surface area contributed by atoms with E-state index in [-0.39, 0.29) is 0 Å². The number of hydrogen-bond acceptors (Lipinski definition) is 1. The molecule has 1 aromatic rings. The van der Waals surface area contributed by atoms with E-state index >= 15 is 0 Å². The summed E-state index contributed by atoms with van der Waals surface area (Å²) in [6.45, 7) is 7.83. The average molecular weight is 231 g/mol. The highest BCUT2D eigenvalue weighted by Gasteiger charge is 2.17. The molecule has 0 aromatic heterocycles. The molecule has 1 aliphatic rings. The molecule has 1 unspecified atom stereocenters. The molecule has 1 atom stereocenters. The molecule has 1 N–H and O–H groups in total. The van der Waals surface area contributed by atoms with Gasteiger partial charge in [0.05, 0.1) is 0 Å². The number of hydrogen-bond donors (Lipinski definition) is 1. The Hall–Kier alpha value is -0.820. The van der Waals surface area contributed by atoms with E-state index in [1.807, 2.05) is 0 Å². The number of rotatable bonds is 4. The third-order valence-corrected chi connectivity index (χ3v) is 3.82. The lowest BCUT2D eigenvalue weighted by atomic mass is 9.87. The fourth-order valence-corrected chi connectivity index (χ4v) is 2.91. The Kier molecular flexibility index (Phi) is 4.22. The van der Waals surface area contributed by atoms with E-state index in [2.05, 4.69) is 44.3 Å². The van der Waals surface area contributed by atoms with Gasteiger partial charge in [-0.05, 0) is 54.8 Å². The van der Waals surface area contributed by atoms with Crippen LogP contribution < -0.4 is 5.32 Å². The molecular weight excluding hydrogens is 206 g/mol. The molecule has 2 rings (SSSR count). The van der Waals surface area contributed by atoms with Crippen LogP contribution in [0.1, 0.15) is 56.3 Å². The van der Waals surface area contributed by atoms with E-state index in [0.717, 1.165) is 6.54 Å². The molecule has 1 heteroatoms. The first-order valence-corrected chi connectivity index (χ1v) is 7.07. The van der Waals surface area contributed by atoms with Crippen LogP contribution in [0.5, 0.6) is 0 Å². The maximum Gasteiger partial charge on any atom is 0.0343 e. The molecule has 17 heavy (non-hydrogen) atoms. The minimum absolute atomic E-state index is 0.507. The van der Waals surface area contributed by atoms with Gasteiger partial charge in [0.15, 0.2) is 0 Å². The normalized spacial score (nSPS) is 16.9. The maximum atomic E-state index is 3.61. The highest BCUT2D eigenvalue weighted by Crippen LogP contribution is 2.27. The first-order chi connectivity index (χ1) is 8.22. The van der Waals surface area contributed by atoms with E-state index in [0.29, 0.717) is 12.0 Å². The van der Waals surface area contributed by atoms with E-state index in [9.17, 15) is 0 Å². The van der Waals surface area contributed by atoms with Crippen molar-refractivity contribution < 1.29 is 0 Å². The smallest absolute Gasteiger partial charge is 0.0343 e. The van der Waals surface area contributed by atoms with Crippen LogP contribution in [0.2, 0.25) is 0 Å². The zero-order valence-electron chi connectivity index (χ0n) is 11.4. The minimum Gasteiger partial charge on any atom is -0.310 e. The van der Waals surface area contributed by atoms with Crippen molar-refractivity contribution in [3.05, 3.63) is 34.9 Å². The SMILES string of the molecule is CCNC(c1ccc2c(c1)CCCC2)C(C)C. The molecular formula is C16H25N. The summed E-state index contributed by atoms with van der Waals surface area (Å²) in [5.41, 5.74) is 4.65. The van der Waals surface area contributed by atoms with E-state index < -0.39 is 0 Å². The van der Waals surface area contributed by atoms with Gasteiger partial charge in [-0.3, -0.25) is 0 Å². The van der Waals surface area contributed by atoms with Crippen LogP contribution in [0.4, 0.5) is 0 Å². The number of fused-ring (bicyclic) bond motifs is 1. The summed E-state index contributed by atoms with van der Waals surface area (Å²) in [4.78, 5) is 0. The summed E-state index contributed by atoms with van der Waals surface area (Å²) in [5, 5.41) is 3.61. The van der Waals surface area contributed by atoms with Crippen molar-refractivity contribution in [2.45, 2.75) is 52.5 Å². The minimum atomic E-state index is 0.507. The molecule has 0 radical (unpaired) electrons. The molecule has 1 nitrogen and oxygen atoms in total. The van der Waals surface area contributed by atoms with Gasteiger partial charge in [0, 0.05) is 6.04 Å². The highest BCUT2D eigenvalue weighted by molar-refractivity contribution is 5.35. The lowest BCUT2D eigenvalue weighted by Crippen LogP contribution is -2.25. The monoisotopic (exact) mass is 231 g/mol. The zero-order chi connectivity index (χ0) is 12.3. The lowest BCUT2D eigenvalue weighted by Gasteiger charge is -2.25. The molecule has 0 spiro atoms. The van der Waals surface area contributed by atoms with Gasteiger partial charge in [0.1, 0.15) is 0 Å². The summed E-state index contributed by atoms with van der Waals surface area (Å²) in [6, 6.07) is 7.64. The second-order valence-electron chi connectivity index (χ2n) is 5.51. The van der Waals surface area contributed by atoms with Gasteiger partial charge in [-0.2, -0.15) is 0 Å². The van der Waals surface area contributed by atoms with Crippen molar-refractivity contribution in [1.82, 2.24) is 5.32 Å². The van der Waals surface area contributed by atoms with Crippen molar-refractivity contribution in [2.75, 3.05) is 6.54 Å². The molecule has 0 aliphatic heterocycles. The van der Waals surface area contributed by atoms with Gasteiger partial charge in [-0.25, -0.2) is 0 Å². The molecule has 0 bridgehead atoms. The predicted molar refractivity (Wildman–Crippen MR) is 74.3 cm³/mol. The Morgan fingerprint density at radius 3 is 2.47 bits per heavy atom. The second kappa shape index (κ2) is 5.68. The topological polar surface area (TPSA) is 12.0 Å². The van der Waals surface area contributed by atoms with Crippen LogP contribution in [0, 0.1) is 5.92 Å².